The maximum atomic E-state index is 11.4. The van der Waals surface area contributed by atoms with Crippen LogP contribution < -0.4 is 10.6 Å². The molecule has 2 rings (SSSR count). The zero-order valence-corrected chi connectivity index (χ0v) is 13.3. The molecule has 0 spiro atoms. The van der Waals surface area contributed by atoms with Crippen molar-refractivity contribution in [1.29, 1.82) is 0 Å². The molecule has 6 heteroatoms. The predicted octanol–water partition coefficient (Wildman–Crippen LogP) is 3.78. The zero-order valence-electron chi connectivity index (χ0n) is 10.2. The third-order valence-corrected chi connectivity index (χ3v) is 4.25. The van der Waals surface area contributed by atoms with Crippen molar-refractivity contribution in [3.8, 4) is 0 Å². The maximum Gasteiger partial charge on any atom is 0.251 e. The summed E-state index contributed by atoms with van der Waals surface area (Å²) < 4.78 is 7.03. The first-order valence-electron chi connectivity index (χ1n) is 5.60. The first kappa shape index (κ1) is 14.1. The number of benzene rings is 1. The SMILES string of the molecule is CNC(=O)c1ccc(NCc2cc(Br)c(Br)o2)cc1. The summed E-state index contributed by atoms with van der Waals surface area (Å²) in [6.07, 6.45) is 0. The fourth-order valence-corrected chi connectivity index (χ4v) is 2.21. The van der Waals surface area contributed by atoms with Crippen LogP contribution in [-0.2, 0) is 6.54 Å². The van der Waals surface area contributed by atoms with Gasteiger partial charge >= 0.3 is 0 Å². The van der Waals surface area contributed by atoms with Crippen molar-refractivity contribution in [2.45, 2.75) is 6.54 Å². The van der Waals surface area contributed by atoms with Crippen molar-refractivity contribution >= 4 is 43.5 Å². The fourth-order valence-electron chi connectivity index (χ4n) is 1.55. The second kappa shape index (κ2) is 6.25. The van der Waals surface area contributed by atoms with Gasteiger partial charge in [-0.25, -0.2) is 0 Å². The first-order valence-corrected chi connectivity index (χ1v) is 7.18. The van der Waals surface area contributed by atoms with Gasteiger partial charge in [0.2, 0.25) is 0 Å². The minimum Gasteiger partial charge on any atom is -0.451 e. The number of hydrogen-bond acceptors (Lipinski definition) is 3. The molecule has 100 valence electrons. The summed E-state index contributed by atoms with van der Waals surface area (Å²) >= 11 is 6.65. The normalized spacial score (nSPS) is 10.3. The molecule has 4 nitrogen and oxygen atoms in total. The first-order chi connectivity index (χ1) is 9.10. The molecule has 0 bridgehead atoms. The van der Waals surface area contributed by atoms with E-state index in [2.05, 4.69) is 42.5 Å². The molecule has 2 N–H and O–H groups in total. The molecule has 0 saturated heterocycles. The Hall–Kier alpha value is -1.27. The predicted molar refractivity (Wildman–Crippen MR) is 81.3 cm³/mol. The molecule has 0 atom stereocenters. The van der Waals surface area contributed by atoms with Crippen molar-refractivity contribution in [3.63, 3.8) is 0 Å². The van der Waals surface area contributed by atoms with Crippen LogP contribution in [0.15, 0.2) is 43.9 Å². The molecular formula is C13H12Br2N2O2. The highest BCUT2D eigenvalue weighted by molar-refractivity contribution is 9.13. The van der Waals surface area contributed by atoms with E-state index in [1.54, 1.807) is 19.2 Å². The third kappa shape index (κ3) is 3.61. The molecule has 0 saturated carbocycles. The second-order valence-corrected chi connectivity index (χ2v) is 5.42. The van der Waals surface area contributed by atoms with Gasteiger partial charge in [0.1, 0.15) is 5.76 Å². The van der Waals surface area contributed by atoms with Gasteiger partial charge in [0.25, 0.3) is 5.91 Å². The van der Waals surface area contributed by atoms with E-state index in [0.717, 1.165) is 15.9 Å². The van der Waals surface area contributed by atoms with Crippen LogP contribution in [0.3, 0.4) is 0 Å². The molecule has 0 aliphatic heterocycles. The number of amides is 1. The summed E-state index contributed by atoms with van der Waals surface area (Å²) in [5, 5.41) is 5.80. The number of halogens is 2. The van der Waals surface area contributed by atoms with Gasteiger partial charge in [-0.2, -0.15) is 0 Å². The molecule has 1 heterocycles. The molecule has 1 amide bonds. The Kier molecular flexibility index (Phi) is 4.66. The van der Waals surface area contributed by atoms with E-state index in [4.69, 9.17) is 4.42 Å². The largest absolute Gasteiger partial charge is 0.451 e. The Morgan fingerprint density at radius 1 is 1.26 bits per heavy atom. The lowest BCUT2D eigenvalue weighted by Gasteiger charge is -2.05. The Morgan fingerprint density at radius 2 is 1.95 bits per heavy atom. The average Bonchev–Trinajstić information content (AvgIpc) is 2.75. The van der Waals surface area contributed by atoms with E-state index in [1.807, 2.05) is 18.2 Å². The van der Waals surface area contributed by atoms with E-state index in [-0.39, 0.29) is 5.91 Å². The fraction of sp³-hybridized carbons (Fsp3) is 0.154. The molecule has 19 heavy (non-hydrogen) atoms. The van der Waals surface area contributed by atoms with Crippen molar-refractivity contribution in [2.24, 2.45) is 0 Å². The van der Waals surface area contributed by atoms with Crippen molar-refractivity contribution in [3.05, 3.63) is 50.8 Å². The topological polar surface area (TPSA) is 54.3 Å². The van der Waals surface area contributed by atoms with Gasteiger partial charge in [-0.15, -0.1) is 0 Å². The molecule has 1 aromatic carbocycles. The number of carbonyl (C=O) groups excluding carboxylic acids is 1. The molecule has 0 unspecified atom stereocenters. The van der Waals surface area contributed by atoms with Crippen LogP contribution in [0.1, 0.15) is 16.1 Å². The lowest BCUT2D eigenvalue weighted by molar-refractivity contribution is 0.0963. The summed E-state index contributed by atoms with van der Waals surface area (Å²) in [5.74, 6) is 0.722. The molecule has 0 radical (unpaired) electrons. The van der Waals surface area contributed by atoms with Gasteiger partial charge in [0.05, 0.1) is 11.0 Å². The van der Waals surface area contributed by atoms with Crippen LogP contribution >= 0.6 is 31.9 Å². The Bertz CT molecular complexity index is 559. The number of rotatable bonds is 4. The second-order valence-electron chi connectivity index (χ2n) is 3.84. The number of furan rings is 1. The van der Waals surface area contributed by atoms with E-state index < -0.39 is 0 Å². The smallest absolute Gasteiger partial charge is 0.251 e. The van der Waals surface area contributed by atoms with Gasteiger partial charge in [0, 0.05) is 18.3 Å². The van der Waals surface area contributed by atoms with Gasteiger partial charge in [-0.3, -0.25) is 4.79 Å². The molecule has 1 aromatic heterocycles. The quantitative estimate of drug-likeness (QED) is 0.839. The Balaban J connectivity index is 1.98. The van der Waals surface area contributed by atoms with E-state index in [1.165, 1.54) is 0 Å². The standard InChI is InChI=1S/C13H12Br2N2O2/c1-16-13(18)8-2-4-9(5-3-8)17-7-10-6-11(14)12(15)19-10/h2-6,17H,7H2,1H3,(H,16,18). The Labute approximate surface area is 127 Å². The summed E-state index contributed by atoms with van der Waals surface area (Å²) in [4.78, 5) is 11.4. The number of anilines is 1. The maximum absolute atomic E-state index is 11.4. The third-order valence-electron chi connectivity index (χ3n) is 2.54. The molecule has 2 aromatic rings. The highest BCUT2D eigenvalue weighted by Gasteiger charge is 2.06. The average molecular weight is 388 g/mol. The number of hydrogen-bond donors (Lipinski definition) is 2. The van der Waals surface area contributed by atoms with Crippen molar-refractivity contribution in [1.82, 2.24) is 5.32 Å². The summed E-state index contributed by atoms with van der Waals surface area (Å²) in [6.45, 7) is 0.573. The van der Waals surface area contributed by atoms with E-state index in [9.17, 15) is 4.79 Å². The van der Waals surface area contributed by atoms with Gasteiger partial charge in [-0.1, -0.05) is 0 Å². The lowest BCUT2D eigenvalue weighted by Crippen LogP contribution is -2.17. The van der Waals surface area contributed by atoms with Crippen LogP contribution in [0.2, 0.25) is 0 Å². The van der Waals surface area contributed by atoms with Crippen LogP contribution in [0.4, 0.5) is 5.69 Å². The zero-order chi connectivity index (χ0) is 13.8. The lowest BCUT2D eigenvalue weighted by atomic mass is 10.2. The van der Waals surface area contributed by atoms with E-state index in [0.29, 0.717) is 16.8 Å². The highest BCUT2D eigenvalue weighted by atomic mass is 79.9. The minimum atomic E-state index is -0.0922. The van der Waals surface area contributed by atoms with Crippen LogP contribution in [0.5, 0.6) is 0 Å². The van der Waals surface area contributed by atoms with Crippen LogP contribution in [0.25, 0.3) is 0 Å². The Morgan fingerprint density at radius 3 is 2.47 bits per heavy atom. The van der Waals surface area contributed by atoms with Gasteiger partial charge < -0.3 is 15.1 Å². The van der Waals surface area contributed by atoms with E-state index >= 15 is 0 Å². The van der Waals surface area contributed by atoms with Crippen LogP contribution in [0, 0.1) is 0 Å². The monoisotopic (exact) mass is 386 g/mol. The van der Waals surface area contributed by atoms with Crippen molar-refractivity contribution < 1.29 is 9.21 Å². The minimum absolute atomic E-state index is 0.0922. The summed E-state index contributed by atoms with van der Waals surface area (Å²) in [5.41, 5.74) is 1.56. The van der Waals surface area contributed by atoms with Crippen molar-refractivity contribution in [2.75, 3.05) is 12.4 Å². The molecular weight excluding hydrogens is 376 g/mol. The highest BCUT2D eigenvalue weighted by Crippen LogP contribution is 2.27. The number of carbonyl (C=O) groups is 1. The van der Waals surface area contributed by atoms with Gasteiger partial charge in [0.15, 0.2) is 4.67 Å². The van der Waals surface area contributed by atoms with Crippen LogP contribution in [-0.4, -0.2) is 13.0 Å². The summed E-state index contributed by atoms with van der Waals surface area (Å²) in [7, 11) is 1.61. The number of nitrogens with one attached hydrogen (secondary N) is 2. The van der Waals surface area contributed by atoms with Gasteiger partial charge in [-0.05, 0) is 62.2 Å². The summed E-state index contributed by atoms with van der Waals surface area (Å²) in [6, 6.07) is 9.16. The molecule has 0 fully saturated rings. The molecule has 0 aliphatic carbocycles. The molecule has 0 aliphatic rings.